The number of aryl methyl sites for hydroxylation is 1. The molecule has 2 heterocycles. The van der Waals surface area contributed by atoms with Crippen LogP contribution in [0.4, 0.5) is 45.3 Å². The molecular formula is C26H21F9N8O4. The van der Waals surface area contributed by atoms with Gasteiger partial charge in [-0.2, -0.15) is 0 Å². The molecule has 1 atom stereocenters. The predicted octanol–water partition coefficient (Wildman–Crippen LogP) is 4.48. The van der Waals surface area contributed by atoms with Crippen molar-refractivity contribution in [2.45, 2.75) is 51.4 Å². The summed E-state index contributed by atoms with van der Waals surface area (Å²) in [5.41, 5.74) is -0.908. The number of carbonyl (C=O) groups excluding carboxylic acids is 2. The van der Waals surface area contributed by atoms with Gasteiger partial charge < -0.3 is 20.1 Å². The number of anilines is 1. The number of aromatic nitrogens is 6. The molecule has 0 aliphatic heterocycles. The van der Waals surface area contributed by atoms with Crippen molar-refractivity contribution in [1.29, 1.82) is 0 Å². The normalized spacial score (nSPS) is 12.4. The molecule has 0 aliphatic carbocycles. The molecule has 0 spiro atoms. The zero-order chi connectivity index (χ0) is 34.4. The van der Waals surface area contributed by atoms with Crippen LogP contribution in [0.1, 0.15) is 28.0 Å². The highest BCUT2D eigenvalue weighted by molar-refractivity contribution is 5.92. The molecule has 0 saturated heterocycles. The molecule has 2 aromatic heterocycles. The lowest BCUT2D eigenvalue weighted by atomic mass is 10.1. The first-order valence-electron chi connectivity index (χ1n) is 13.1. The van der Waals surface area contributed by atoms with Crippen molar-refractivity contribution in [2.24, 2.45) is 0 Å². The van der Waals surface area contributed by atoms with Crippen molar-refractivity contribution in [3.63, 3.8) is 0 Å². The topological polar surface area (TPSA) is 138 Å². The maximum absolute atomic E-state index is 14.6. The predicted molar refractivity (Wildman–Crippen MR) is 139 cm³/mol. The number of nitrogens with one attached hydrogen (secondary N) is 2. The van der Waals surface area contributed by atoms with Crippen LogP contribution < -0.4 is 20.1 Å². The second kappa shape index (κ2) is 14.4. The number of benzene rings is 2. The molecule has 1 unspecified atom stereocenters. The van der Waals surface area contributed by atoms with E-state index in [1.54, 1.807) is 0 Å². The Morgan fingerprint density at radius 3 is 2.06 bits per heavy atom. The van der Waals surface area contributed by atoms with Crippen LogP contribution in [-0.2, 0) is 30.8 Å². The first-order valence-corrected chi connectivity index (χ1v) is 13.1. The third-order valence-electron chi connectivity index (χ3n) is 5.93. The number of amides is 2. The number of rotatable bonds is 13. The molecule has 0 radical (unpaired) electrons. The molecule has 252 valence electrons. The average molecular weight is 680 g/mol. The van der Waals surface area contributed by atoms with Crippen LogP contribution in [0, 0.1) is 11.6 Å². The van der Waals surface area contributed by atoms with Crippen LogP contribution in [0.3, 0.4) is 0 Å². The Labute approximate surface area is 257 Å². The minimum absolute atomic E-state index is 0.0616. The van der Waals surface area contributed by atoms with Gasteiger partial charge in [-0.25, -0.2) is 17.9 Å². The van der Waals surface area contributed by atoms with E-state index in [0.717, 1.165) is 45.9 Å². The highest BCUT2D eigenvalue weighted by Gasteiger charge is 2.32. The number of alkyl halides is 7. The first kappa shape index (κ1) is 34.5. The summed E-state index contributed by atoms with van der Waals surface area (Å²) in [4.78, 5) is 24.6. The molecule has 0 bridgehead atoms. The second-order valence-corrected chi connectivity index (χ2v) is 9.59. The fourth-order valence-corrected chi connectivity index (χ4v) is 3.92. The summed E-state index contributed by atoms with van der Waals surface area (Å²) < 4.78 is 127. The maximum atomic E-state index is 14.6. The van der Waals surface area contributed by atoms with E-state index in [9.17, 15) is 49.1 Å². The number of nitrogens with zero attached hydrogens (tertiary/aromatic N) is 6. The van der Waals surface area contributed by atoms with Gasteiger partial charge in [0.1, 0.15) is 29.3 Å². The second-order valence-electron chi connectivity index (χ2n) is 9.59. The van der Waals surface area contributed by atoms with Crippen LogP contribution in [-0.4, -0.2) is 60.7 Å². The van der Waals surface area contributed by atoms with Gasteiger partial charge in [0, 0.05) is 30.6 Å². The van der Waals surface area contributed by atoms with E-state index in [1.165, 1.54) is 6.20 Å². The molecule has 2 aromatic carbocycles. The molecule has 2 N–H and O–H groups in total. The van der Waals surface area contributed by atoms with Crippen LogP contribution >= 0.6 is 0 Å². The molecule has 0 saturated carbocycles. The van der Waals surface area contributed by atoms with Gasteiger partial charge in [-0.3, -0.25) is 14.3 Å². The van der Waals surface area contributed by atoms with Gasteiger partial charge in [-0.05, 0) is 36.4 Å². The third-order valence-corrected chi connectivity index (χ3v) is 5.93. The standard InChI is InChI=1S/C26H21F9N8O4/c27-16(11-43-13-22(39-41-43)37-23(44)9-14-7-17(1-3-19(14)28)46-25(30,31)32)5-6-42-12-21(38-40-42)24(45)36-10-15-8-18(2-4-20(15)29)47-26(33,34)35/h1-4,7-8,12-13,16H,5-6,9-11H2,(H,36,45)(H,37,44). The van der Waals surface area contributed by atoms with Gasteiger partial charge >= 0.3 is 12.7 Å². The van der Waals surface area contributed by atoms with E-state index in [4.69, 9.17) is 0 Å². The average Bonchev–Trinajstić information content (AvgIpc) is 3.62. The van der Waals surface area contributed by atoms with Gasteiger partial charge in [0.25, 0.3) is 5.91 Å². The largest absolute Gasteiger partial charge is 0.573 e. The van der Waals surface area contributed by atoms with Crippen molar-refractivity contribution in [2.75, 3.05) is 5.32 Å². The summed E-state index contributed by atoms with van der Waals surface area (Å²) in [6.07, 6.45) is -10.0. The molecule has 21 heteroatoms. The van der Waals surface area contributed by atoms with E-state index in [2.05, 4.69) is 40.7 Å². The molecule has 12 nitrogen and oxygen atoms in total. The van der Waals surface area contributed by atoms with Crippen molar-refractivity contribution in [3.05, 3.63) is 77.2 Å². The quantitative estimate of drug-likeness (QED) is 0.197. The van der Waals surface area contributed by atoms with Crippen LogP contribution in [0.5, 0.6) is 11.5 Å². The van der Waals surface area contributed by atoms with E-state index in [-0.39, 0.29) is 42.1 Å². The van der Waals surface area contributed by atoms with Gasteiger partial charge in [-0.15, -0.1) is 36.5 Å². The smallest absolute Gasteiger partial charge is 0.406 e. The molecule has 4 rings (SSSR count). The summed E-state index contributed by atoms with van der Waals surface area (Å²) >= 11 is 0. The highest BCUT2D eigenvalue weighted by atomic mass is 19.4. The monoisotopic (exact) mass is 680 g/mol. The lowest BCUT2D eigenvalue weighted by Gasteiger charge is -2.11. The molecule has 2 amide bonds. The van der Waals surface area contributed by atoms with E-state index < -0.39 is 66.8 Å². The Bertz CT molecular complexity index is 1710. The number of halogens is 9. The number of carbonyl (C=O) groups is 2. The van der Waals surface area contributed by atoms with Gasteiger partial charge in [-0.1, -0.05) is 10.4 Å². The zero-order valence-electron chi connectivity index (χ0n) is 23.4. The highest BCUT2D eigenvalue weighted by Crippen LogP contribution is 2.26. The molecule has 0 fully saturated rings. The van der Waals surface area contributed by atoms with E-state index >= 15 is 0 Å². The Hall–Kier alpha value is -5.37. The van der Waals surface area contributed by atoms with Crippen molar-refractivity contribution in [1.82, 2.24) is 35.3 Å². The summed E-state index contributed by atoms with van der Waals surface area (Å²) in [5, 5.41) is 19.2. The van der Waals surface area contributed by atoms with Crippen LogP contribution in [0.2, 0.25) is 0 Å². The Morgan fingerprint density at radius 1 is 0.830 bits per heavy atom. The van der Waals surface area contributed by atoms with Gasteiger partial charge in [0.15, 0.2) is 11.5 Å². The fourth-order valence-electron chi connectivity index (χ4n) is 3.92. The number of ether oxygens (including phenoxy) is 2. The molecule has 4 aromatic rings. The Kier molecular flexibility index (Phi) is 10.6. The van der Waals surface area contributed by atoms with Crippen LogP contribution in [0.25, 0.3) is 0 Å². The van der Waals surface area contributed by atoms with Gasteiger partial charge in [0.2, 0.25) is 5.91 Å². The van der Waals surface area contributed by atoms with E-state index in [0.29, 0.717) is 6.07 Å². The Balaban J connectivity index is 1.22. The van der Waals surface area contributed by atoms with Crippen molar-refractivity contribution >= 4 is 17.6 Å². The maximum Gasteiger partial charge on any atom is 0.573 e. The summed E-state index contributed by atoms with van der Waals surface area (Å²) in [5.74, 6) is -5.06. The molecule has 0 aliphatic rings. The minimum atomic E-state index is -5.01. The van der Waals surface area contributed by atoms with Crippen LogP contribution in [0.15, 0.2) is 48.8 Å². The number of hydrogen-bond donors (Lipinski definition) is 2. The van der Waals surface area contributed by atoms with Gasteiger partial charge in [0.05, 0.1) is 25.4 Å². The first-order chi connectivity index (χ1) is 22.0. The lowest BCUT2D eigenvalue weighted by Crippen LogP contribution is -2.24. The summed E-state index contributed by atoms with van der Waals surface area (Å²) in [6, 6.07) is 4.47. The number of hydrogen-bond acceptors (Lipinski definition) is 8. The summed E-state index contributed by atoms with van der Waals surface area (Å²) in [6.45, 7) is -0.895. The third kappa shape index (κ3) is 10.9. The fraction of sp³-hybridized carbons (Fsp3) is 0.308. The zero-order valence-corrected chi connectivity index (χ0v) is 23.4. The van der Waals surface area contributed by atoms with Crippen molar-refractivity contribution in [3.8, 4) is 11.5 Å². The van der Waals surface area contributed by atoms with Crippen molar-refractivity contribution < 1.29 is 58.6 Å². The van der Waals surface area contributed by atoms with E-state index in [1.807, 2.05) is 0 Å². The lowest BCUT2D eigenvalue weighted by molar-refractivity contribution is -0.275. The molecular weight excluding hydrogens is 659 g/mol. The Morgan fingerprint density at radius 2 is 1.43 bits per heavy atom. The molecule has 47 heavy (non-hydrogen) atoms. The minimum Gasteiger partial charge on any atom is -0.406 e. The summed E-state index contributed by atoms with van der Waals surface area (Å²) in [7, 11) is 0. The SMILES string of the molecule is O=C(Cc1cc(OC(F)(F)F)ccc1F)Nc1cn(CC(F)CCn2cc(C(=O)NCc3cc(OC(F)(F)F)ccc3F)nn2)nn1.